The highest BCUT2D eigenvalue weighted by Crippen LogP contribution is 2.16. The maximum Gasteiger partial charge on any atom is 0.323 e. The number of rotatable bonds is 5. The summed E-state index contributed by atoms with van der Waals surface area (Å²) in [6, 6.07) is 23.2. The van der Waals surface area contributed by atoms with Crippen LogP contribution in [-0.4, -0.2) is 12.0 Å². The summed E-state index contributed by atoms with van der Waals surface area (Å²) in [6.45, 7) is 0.255. The van der Waals surface area contributed by atoms with Gasteiger partial charge in [0, 0.05) is 0 Å². The SMILES string of the molecule is NC(Cc1ccc2ccccc2c1)C(=O)OCc1ccccc1. The lowest BCUT2D eigenvalue weighted by atomic mass is 10.0. The summed E-state index contributed by atoms with van der Waals surface area (Å²) >= 11 is 0. The summed E-state index contributed by atoms with van der Waals surface area (Å²) in [4.78, 5) is 12.0. The van der Waals surface area contributed by atoms with E-state index in [1.807, 2.05) is 54.6 Å². The van der Waals surface area contributed by atoms with Crippen molar-refractivity contribution in [2.24, 2.45) is 5.73 Å². The topological polar surface area (TPSA) is 52.3 Å². The Kier molecular flexibility index (Phi) is 4.69. The highest BCUT2D eigenvalue weighted by molar-refractivity contribution is 5.83. The zero-order valence-corrected chi connectivity index (χ0v) is 12.8. The number of esters is 1. The number of hydrogen-bond acceptors (Lipinski definition) is 3. The van der Waals surface area contributed by atoms with Gasteiger partial charge in [0.25, 0.3) is 0 Å². The molecule has 0 amide bonds. The molecule has 1 unspecified atom stereocenters. The molecule has 3 nitrogen and oxygen atoms in total. The van der Waals surface area contributed by atoms with Gasteiger partial charge in [0.15, 0.2) is 0 Å². The largest absolute Gasteiger partial charge is 0.460 e. The predicted octanol–water partition coefficient (Wildman–Crippen LogP) is 3.45. The zero-order valence-electron chi connectivity index (χ0n) is 12.8. The van der Waals surface area contributed by atoms with Crippen LogP contribution in [0.15, 0.2) is 72.8 Å². The summed E-state index contributed by atoms with van der Waals surface area (Å²) in [7, 11) is 0. The van der Waals surface area contributed by atoms with Gasteiger partial charge in [0.1, 0.15) is 12.6 Å². The van der Waals surface area contributed by atoms with Crippen LogP contribution in [0.3, 0.4) is 0 Å². The van der Waals surface area contributed by atoms with Crippen molar-refractivity contribution in [2.75, 3.05) is 0 Å². The van der Waals surface area contributed by atoms with Gasteiger partial charge in [-0.25, -0.2) is 0 Å². The van der Waals surface area contributed by atoms with E-state index >= 15 is 0 Å². The first-order chi connectivity index (χ1) is 11.2. The minimum Gasteiger partial charge on any atom is -0.460 e. The maximum atomic E-state index is 12.0. The number of benzene rings is 3. The fourth-order valence-electron chi connectivity index (χ4n) is 2.54. The molecule has 3 aromatic rings. The van der Waals surface area contributed by atoms with Gasteiger partial charge in [-0.2, -0.15) is 0 Å². The maximum absolute atomic E-state index is 12.0. The third-order valence-corrected chi connectivity index (χ3v) is 3.80. The smallest absolute Gasteiger partial charge is 0.323 e. The summed E-state index contributed by atoms with van der Waals surface area (Å²) in [5.41, 5.74) is 7.98. The molecule has 1 atom stereocenters. The summed E-state index contributed by atoms with van der Waals surface area (Å²) in [5, 5.41) is 2.33. The van der Waals surface area contributed by atoms with Crippen molar-refractivity contribution < 1.29 is 9.53 Å². The fourth-order valence-corrected chi connectivity index (χ4v) is 2.54. The molecule has 0 heterocycles. The molecule has 0 aliphatic carbocycles. The van der Waals surface area contributed by atoms with Gasteiger partial charge in [-0.3, -0.25) is 4.79 Å². The Morgan fingerprint density at radius 1 is 0.870 bits per heavy atom. The van der Waals surface area contributed by atoms with Crippen LogP contribution in [0.25, 0.3) is 10.8 Å². The number of nitrogens with two attached hydrogens (primary N) is 1. The van der Waals surface area contributed by atoms with Gasteiger partial charge in [0.2, 0.25) is 0 Å². The number of carbonyl (C=O) groups is 1. The zero-order chi connectivity index (χ0) is 16.1. The van der Waals surface area contributed by atoms with E-state index in [4.69, 9.17) is 10.5 Å². The fraction of sp³-hybridized carbons (Fsp3) is 0.150. The van der Waals surface area contributed by atoms with E-state index < -0.39 is 6.04 Å². The third-order valence-electron chi connectivity index (χ3n) is 3.80. The first-order valence-electron chi connectivity index (χ1n) is 7.66. The lowest BCUT2D eigenvalue weighted by molar-refractivity contribution is -0.146. The third kappa shape index (κ3) is 3.96. The summed E-state index contributed by atoms with van der Waals surface area (Å²) in [5.74, 6) is -0.373. The van der Waals surface area contributed by atoms with Crippen molar-refractivity contribution in [3.8, 4) is 0 Å². The van der Waals surface area contributed by atoms with Crippen LogP contribution in [0.5, 0.6) is 0 Å². The quantitative estimate of drug-likeness (QED) is 0.735. The Morgan fingerprint density at radius 3 is 2.35 bits per heavy atom. The molecule has 116 valence electrons. The molecule has 3 heteroatoms. The normalized spacial score (nSPS) is 12.0. The molecule has 0 aliphatic heterocycles. The van der Waals surface area contributed by atoms with Crippen LogP contribution in [0.2, 0.25) is 0 Å². The standard InChI is InChI=1S/C20H19NO2/c21-19(20(22)23-14-15-6-2-1-3-7-15)13-16-10-11-17-8-4-5-9-18(17)12-16/h1-12,19H,13-14,21H2. The average Bonchev–Trinajstić information content (AvgIpc) is 2.60. The van der Waals surface area contributed by atoms with Gasteiger partial charge >= 0.3 is 5.97 Å². The van der Waals surface area contributed by atoms with E-state index in [2.05, 4.69) is 18.2 Å². The first-order valence-corrected chi connectivity index (χ1v) is 7.66. The molecule has 2 N–H and O–H groups in total. The lowest BCUT2D eigenvalue weighted by Gasteiger charge is -2.12. The molecule has 23 heavy (non-hydrogen) atoms. The van der Waals surface area contributed by atoms with E-state index in [-0.39, 0.29) is 12.6 Å². The molecule has 0 saturated carbocycles. The highest BCUT2D eigenvalue weighted by atomic mass is 16.5. The second kappa shape index (κ2) is 7.07. The van der Waals surface area contributed by atoms with Crippen LogP contribution >= 0.6 is 0 Å². The van der Waals surface area contributed by atoms with E-state index in [0.717, 1.165) is 16.5 Å². The van der Waals surface area contributed by atoms with Crippen molar-refractivity contribution in [1.82, 2.24) is 0 Å². The minimum atomic E-state index is -0.653. The molecule has 0 saturated heterocycles. The van der Waals surface area contributed by atoms with Crippen LogP contribution in [0.4, 0.5) is 0 Å². The molecule has 3 aromatic carbocycles. The van der Waals surface area contributed by atoms with Crippen molar-refractivity contribution in [1.29, 1.82) is 0 Å². The van der Waals surface area contributed by atoms with E-state index in [1.165, 1.54) is 5.39 Å². The highest BCUT2D eigenvalue weighted by Gasteiger charge is 2.16. The van der Waals surface area contributed by atoms with Crippen LogP contribution in [0.1, 0.15) is 11.1 Å². The van der Waals surface area contributed by atoms with Gasteiger partial charge in [-0.1, -0.05) is 72.8 Å². The van der Waals surface area contributed by atoms with Crippen LogP contribution in [-0.2, 0) is 22.6 Å². The molecule has 0 bridgehead atoms. The minimum absolute atomic E-state index is 0.255. The molecule has 0 aromatic heterocycles. The monoisotopic (exact) mass is 305 g/mol. The van der Waals surface area contributed by atoms with E-state index in [9.17, 15) is 4.79 Å². The van der Waals surface area contributed by atoms with Gasteiger partial charge in [0.05, 0.1) is 0 Å². The van der Waals surface area contributed by atoms with Crippen molar-refractivity contribution in [3.05, 3.63) is 83.9 Å². The van der Waals surface area contributed by atoms with Crippen LogP contribution < -0.4 is 5.73 Å². The number of fused-ring (bicyclic) bond motifs is 1. The van der Waals surface area contributed by atoms with E-state index in [1.54, 1.807) is 0 Å². The Labute approximate surface area is 135 Å². The average molecular weight is 305 g/mol. The molecule has 0 aliphatic rings. The Bertz CT molecular complexity index is 799. The lowest BCUT2D eigenvalue weighted by Crippen LogP contribution is -2.34. The van der Waals surface area contributed by atoms with Crippen LogP contribution in [0, 0.1) is 0 Å². The Balaban J connectivity index is 1.60. The van der Waals surface area contributed by atoms with Crippen molar-refractivity contribution >= 4 is 16.7 Å². The molecular weight excluding hydrogens is 286 g/mol. The molecule has 0 spiro atoms. The second-order valence-electron chi connectivity index (χ2n) is 5.59. The number of ether oxygens (including phenoxy) is 1. The first kappa shape index (κ1) is 15.3. The molecular formula is C20H19NO2. The van der Waals surface area contributed by atoms with Gasteiger partial charge in [-0.15, -0.1) is 0 Å². The summed E-state index contributed by atoms with van der Waals surface area (Å²) in [6.07, 6.45) is 0.471. The van der Waals surface area contributed by atoms with Gasteiger partial charge < -0.3 is 10.5 Å². The van der Waals surface area contributed by atoms with Crippen molar-refractivity contribution in [2.45, 2.75) is 19.1 Å². The summed E-state index contributed by atoms with van der Waals surface area (Å²) < 4.78 is 5.29. The predicted molar refractivity (Wildman–Crippen MR) is 91.9 cm³/mol. The Hall–Kier alpha value is -2.65. The number of carbonyl (C=O) groups excluding carboxylic acids is 1. The molecule has 0 fully saturated rings. The number of hydrogen-bond donors (Lipinski definition) is 1. The van der Waals surface area contributed by atoms with Crippen molar-refractivity contribution in [3.63, 3.8) is 0 Å². The molecule has 3 rings (SSSR count). The second-order valence-corrected chi connectivity index (χ2v) is 5.59. The van der Waals surface area contributed by atoms with E-state index in [0.29, 0.717) is 6.42 Å². The Morgan fingerprint density at radius 2 is 1.57 bits per heavy atom. The van der Waals surface area contributed by atoms with Gasteiger partial charge in [-0.05, 0) is 28.3 Å². The molecule has 0 radical (unpaired) electrons.